The lowest BCUT2D eigenvalue weighted by atomic mass is 10.1. The van der Waals surface area contributed by atoms with Crippen molar-refractivity contribution in [1.82, 2.24) is 0 Å². The third kappa shape index (κ3) is 2.80. The number of nitro benzene ring substituents is 1. The second kappa shape index (κ2) is 5.91. The van der Waals surface area contributed by atoms with Gasteiger partial charge in [0.15, 0.2) is 0 Å². The number of nitrogen functional groups attached to an aromatic ring is 1. The molecule has 1 aromatic rings. The highest BCUT2D eigenvalue weighted by atomic mass is 16.6. The van der Waals surface area contributed by atoms with E-state index in [9.17, 15) is 10.1 Å². The van der Waals surface area contributed by atoms with Crippen molar-refractivity contribution >= 4 is 17.1 Å². The molecule has 1 fully saturated rings. The maximum atomic E-state index is 11.3. The van der Waals surface area contributed by atoms with Gasteiger partial charge in [0.2, 0.25) is 0 Å². The summed E-state index contributed by atoms with van der Waals surface area (Å²) in [6.07, 6.45) is 5.59. The number of benzene rings is 1. The summed E-state index contributed by atoms with van der Waals surface area (Å²) in [5, 5.41) is 11.3. The third-order valence-corrected chi connectivity index (χ3v) is 3.89. The molecule has 0 saturated carbocycles. The number of nitro groups is 1. The molecule has 2 rings (SSSR count). The van der Waals surface area contributed by atoms with Crippen LogP contribution >= 0.6 is 0 Å². The molecule has 0 aliphatic carbocycles. The van der Waals surface area contributed by atoms with Crippen LogP contribution in [0.3, 0.4) is 0 Å². The van der Waals surface area contributed by atoms with Gasteiger partial charge < -0.3 is 10.6 Å². The molecule has 5 nitrogen and oxygen atoms in total. The molecule has 1 aliphatic rings. The van der Waals surface area contributed by atoms with E-state index in [0.717, 1.165) is 25.8 Å². The SMILES string of the molecule is CCC1CCCCCN1c1cccc(N)c1[N+](=O)[O-]. The Hall–Kier alpha value is -1.78. The van der Waals surface area contributed by atoms with Crippen LogP contribution in [-0.2, 0) is 0 Å². The Kier molecular flexibility index (Phi) is 4.24. The van der Waals surface area contributed by atoms with E-state index in [-0.39, 0.29) is 16.3 Å². The fourth-order valence-corrected chi connectivity index (χ4v) is 2.90. The van der Waals surface area contributed by atoms with Gasteiger partial charge in [0.25, 0.3) is 0 Å². The van der Waals surface area contributed by atoms with E-state index in [2.05, 4.69) is 11.8 Å². The summed E-state index contributed by atoms with van der Waals surface area (Å²) in [5.74, 6) is 0. The van der Waals surface area contributed by atoms with Crippen molar-refractivity contribution in [3.8, 4) is 0 Å². The van der Waals surface area contributed by atoms with Crippen LogP contribution in [0, 0.1) is 10.1 Å². The number of hydrogen-bond donors (Lipinski definition) is 1. The van der Waals surface area contributed by atoms with Gasteiger partial charge in [-0.25, -0.2) is 0 Å². The summed E-state index contributed by atoms with van der Waals surface area (Å²) < 4.78 is 0. The molecule has 1 aliphatic heterocycles. The Balaban J connectivity index is 2.43. The minimum Gasteiger partial charge on any atom is -0.393 e. The predicted molar refractivity (Wildman–Crippen MR) is 77.4 cm³/mol. The van der Waals surface area contributed by atoms with Gasteiger partial charge in [-0.3, -0.25) is 10.1 Å². The number of hydrogen-bond acceptors (Lipinski definition) is 4. The van der Waals surface area contributed by atoms with Crippen LogP contribution in [-0.4, -0.2) is 17.5 Å². The van der Waals surface area contributed by atoms with Crippen molar-refractivity contribution in [2.45, 2.75) is 45.1 Å². The van der Waals surface area contributed by atoms with E-state index in [1.54, 1.807) is 12.1 Å². The van der Waals surface area contributed by atoms with Crippen LogP contribution in [0.5, 0.6) is 0 Å². The van der Waals surface area contributed by atoms with Gasteiger partial charge in [0.1, 0.15) is 11.4 Å². The first-order valence-electron chi connectivity index (χ1n) is 6.94. The quantitative estimate of drug-likeness (QED) is 0.515. The number of rotatable bonds is 3. The van der Waals surface area contributed by atoms with E-state index < -0.39 is 0 Å². The zero-order valence-electron chi connectivity index (χ0n) is 11.3. The molecule has 1 aromatic carbocycles. The lowest BCUT2D eigenvalue weighted by molar-refractivity contribution is -0.383. The van der Waals surface area contributed by atoms with E-state index in [0.29, 0.717) is 11.7 Å². The normalized spacial score (nSPS) is 20.1. The summed E-state index contributed by atoms with van der Waals surface area (Å²) in [7, 11) is 0. The lowest BCUT2D eigenvalue weighted by Gasteiger charge is -2.31. The Morgan fingerprint density at radius 3 is 2.89 bits per heavy atom. The summed E-state index contributed by atoms with van der Waals surface area (Å²) in [6, 6.07) is 5.60. The van der Waals surface area contributed by atoms with Crippen molar-refractivity contribution in [2.75, 3.05) is 17.2 Å². The first-order valence-corrected chi connectivity index (χ1v) is 6.94. The van der Waals surface area contributed by atoms with Crippen LogP contribution in [0.4, 0.5) is 17.1 Å². The van der Waals surface area contributed by atoms with Gasteiger partial charge in [-0.15, -0.1) is 0 Å². The molecule has 104 valence electrons. The topological polar surface area (TPSA) is 72.4 Å². The average molecular weight is 263 g/mol. The Morgan fingerprint density at radius 1 is 1.42 bits per heavy atom. The molecule has 1 unspecified atom stereocenters. The fourth-order valence-electron chi connectivity index (χ4n) is 2.90. The summed E-state index contributed by atoms with van der Waals surface area (Å²) in [4.78, 5) is 13.1. The molecule has 1 atom stereocenters. The molecule has 1 heterocycles. The van der Waals surface area contributed by atoms with Gasteiger partial charge in [0, 0.05) is 12.6 Å². The second-order valence-corrected chi connectivity index (χ2v) is 5.08. The zero-order chi connectivity index (χ0) is 13.8. The molecule has 5 heteroatoms. The van der Waals surface area contributed by atoms with E-state index in [1.807, 2.05) is 6.07 Å². The summed E-state index contributed by atoms with van der Waals surface area (Å²) >= 11 is 0. The highest BCUT2D eigenvalue weighted by Gasteiger charge is 2.27. The monoisotopic (exact) mass is 263 g/mol. The van der Waals surface area contributed by atoms with Gasteiger partial charge in [-0.05, 0) is 31.4 Å². The highest BCUT2D eigenvalue weighted by Crippen LogP contribution is 2.36. The average Bonchev–Trinajstić information content (AvgIpc) is 2.62. The molecule has 0 radical (unpaired) electrons. The zero-order valence-corrected chi connectivity index (χ0v) is 11.3. The van der Waals surface area contributed by atoms with E-state index in [4.69, 9.17) is 5.73 Å². The van der Waals surface area contributed by atoms with Crippen LogP contribution in [0.2, 0.25) is 0 Å². The molecule has 0 bridgehead atoms. The minimum absolute atomic E-state index is 0.0582. The molecule has 19 heavy (non-hydrogen) atoms. The maximum Gasteiger partial charge on any atom is 0.315 e. The number of anilines is 2. The lowest BCUT2D eigenvalue weighted by Crippen LogP contribution is -2.34. The van der Waals surface area contributed by atoms with Crippen LogP contribution < -0.4 is 10.6 Å². The van der Waals surface area contributed by atoms with E-state index >= 15 is 0 Å². The number of nitrogens with zero attached hydrogens (tertiary/aromatic N) is 2. The van der Waals surface area contributed by atoms with Gasteiger partial charge in [-0.1, -0.05) is 25.8 Å². The molecule has 0 aromatic heterocycles. The third-order valence-electron chi connectivity index (χ3n) is 3.89. The van der Waals surface area contributed by atoms with Crippen LogP contribution in [0.15, 0.2) is 18.2 Å². The Labute approximate surface area is 113 Å². The van der Waals surface area contributed by atoms with Crippen molar-refractivity contribution in [3.05, 3.63) is 28.3 Å². The van der Waals surface area contributed by atoms with E-state index in [1.165, 1.54) is 12.8 Å². The summed E-state index contributed by atoms with van der Waals surface area (Å²) in [6.45, 7) is 3.02. The Morgan fingerprint density at radius 2 is 2.21 bits per heavy atom. The first kappa shape index (κ1) is 13.6. The first-order chi connectivity index (χ1) is 9.15. The molecular weight excluding hydrogens is 242 g/mol. The highest BCUT2D eigenvalue weighted by molar-refractivity contribution is 5.75. The molecule has 2 N–H and O–H groups in total. The summed E-state index contributed by atoms with van der Waals surface area (Å²) in [5.41, 5.74) is 6.78. The molecular formula is C14H21N3O2. The fraction of sp³-hybridized carbons (Fsp3) is 0.571. The van der Waals surface area contributed by atoms with Gasteiger partial charge in [-0.2, -0.15) is 0 Å². The number of para-hydroxylation sites is 1. The largest absolute Gasteiger partial charge is 0.393 e. The maximum absolute atomic E-state index is 11.3. The molecule has 1 saturated heterocycles. The minimum atomic E-state index is -0.359. The predicted octanol–water partition coefficient (Wildman–Crippen LogP) is 3.34. The van der Waals surface area contributed by atoms with Crippen molar-refractivity contribution in [2.24, 2.45) is 0 Å². The second-order valence-electron chi connectivity index (χ2n) is 5.08. The Bertz CT molecular complexity index is 462. The van der Waals surface area contributed by atoms with Gasteiger partial charge >= 0.3 is 5.69 Å². The smallest absolute Gasteiger partial charge is 0.315 e. The van der Waals surface area contributed by atoms with Gasteiger partial charge in [0.05, 0.1) is 4.92 Å². The van der Waals surface area contributed by atoms with Crippen molar-refractivity contribution in [3.63, 3.8) is 0 Å². The molecule has 0 amide bonds. The molecule has 0 spiro atoms. The standard InChI is InChI=1S/C14H21N3O2/c1-2-11-7-4-3-5-10-16(11)13-9-6-8-12(15)14(13)17(18)19/h6,8-9,11H,2-5,7,10,15H2,1H3. The van der Waals surface area contributed by atoms with Crippen molar-refractivity contribution < 1.29 is 4.92 Å². The number of nitrogens with two attached hydrogens (primary N) is 1. The van der Waals surface area contributed by atoms with Crippen molar-refractivity contribution in [1.29, 1.82) is 0 Å². The van der Waals surface area contributed by atoms with Crippen LogP contribution in [0.25, 0.3) is 0 Å². The van der Waals surface area contributed by atoms with Crippen LogP contribution in [0.1, 0.15) is 39.0 Å².